The highest BCUT2D eigenvalue weighted by Gasteiger charge is 2.11. The molecule has 5 heteroatoms. The fraction of sp³-hybridized carbons (Fsp3) is 0.455. The van der Waals surface area contributed by atoms with Gasteiger partial charge in [-0.1, -0.05) is 12.2 Å². The molecule has 4 nitrogen and oxygen atoms in total. The summed E-state index contributed by atoms with van der Waals surface area (Å²) < 4.78 is 5.07. The van der Waals surface area contributed by atoms with Gasteiger partial charge in [0.1, 0.15) is 10.7 Å². The molecule has 0 aliphatic carbocycles. The topological polar surface area (TPSA) is 51.4 Å². The fourth-order valence-corrected chi connectivity index (χ4v) is 1.65. The van der Waals surface area contributed by atoms with Crippen molar-refractivity contribution in [2.45, 2.75) is 6.92 Å². The normalized spacial score (nSPS) is 10.1. The molecule has 0 unspecified atom stereocenters. The first-order chi connectivity index (χ1) is 7.70. The lowest BCUT2D eigenvalue weighted by molar-refractivity contribution is 0.205. The Hall–Kier alpha value is -1.20. The molecule has 2 N–H and O–H groups in total. The molecule has 1 aromatic heterocycles. The minimum Gasteiger partial charge on any atom is -0.388 e. The van der Waals surface area contributed by atoms with Crippen LogP contribution in [-0.4, -0.2) is 36.8 Å². The monoisotopic (exact) mass is 239 g/mol. The average molecular weight is 239 g/mol. The van der Waals surface area contributed by atoms with Crippen LogP contribution in [0.1, 0.15) is 12.6 Å². The van der Waals surface area contributed by atoms with Crippen molar-refractivity contribution >= 4 is 22.9 Å². The van der Waals surface area contributed by atoms with Crippen LogP contribution in [0.4, 0.5) is 5.69 Å². The van der Waals surface area contributed by atoms with E-state index in [0.29, 0.717) is 17.3 Å². The number of hydrogen-bond donors (Lipinski definition) is 1. The summed E-state index contributed by atoms with van der Waals surface area (Å²) in [5, 5.41) is 0. The van der Waals surface area contributed by atoms with Crippen molar-refractivity contribution in [3.05, 3.63) is 24.0 Å². The SMILES string of the molecule is CCN(CCOC)c1cccnc1C(N)=S. The number of pyridine rings is 1. The van der Waals surface area contributed by atoms with Gasteiger partial charge in [-0.25, -0.2) is 0 Å². The van der Waals surface area contributed by atoms with Crippen LogP contribution in [0.3, 0.4) is 0 Å². The van der Waals surface area contributed by atoms with Crippen molar-refractivity contribution in [3.8, 4) is 0 Å². The van der Waals surface area contributed by atoms with E-state index in [-0.39, 0.29) is 0 Å². The molecule has 0 saturated heterocycles. The van der Waals surface area contributed by atoms with Crippen molar-refractivity contribution in [1.82, 2.24) is 4.98 Å². The molecule has 0 atom stereocenters. The zero-order valence-corrected chi connectivity index (χ0v) is 10.5. The molecule has 0 aliphatic rings. The maximum atomic E-state index is 5.65. The van der Waals surface area contributed by atoms with Crippen molar-refractivity contribution in [2.75, 3.05) is 31.7 Å². The van der Waals surface area contributed by atoms with Gasteiger partial charge in [0.2, 0.25) is 0 Å². The Morgan fingerprint density at radius 1 is 1.62 bits per heavy atom. The zero-order chi connectivity index (χ0) is 12.0. The number of hydrogen-bond acceptors (Lipinski definition) is 4. The third-order valence-corrected chi connectivity index (χ3v) is 2.50. The van der Waals surface area contributed by atoms with Crippen LogP contribution in [-0.2, 0) is 4.74 Å². The second kappa shape index (κ2) is 6.40. The number of aromatic nitrogens is 1. The van der Waals surface area contributed by atoms with Crippen LogP contribution >= 0.6 is 12.2 Å². The summed E-state index contributed by atoms with van der Waals surface area (Å²) in [5.41, 5.74) is 7.29. The summed E-state index contributed by atoms with van der Waals surface area (Å²) in [4.78, 5) is 6.68. The zero-order valence-electron chi connectivity index (χ0n) is 9.64. The van der Waals surface area contributed by atoms with Crippen LogP contribution in [0.5, 0.6) is 0 Å². The van der Waals surface area contributed by atoms with Gasteiger partial charge in [0.25, 0.3) is 0 Å². The summed E-state index contributed by atoms with van der Waals surface area (Å²) in [6.45, 7) is 4.41. The lowest BCUT2D eigenvalue weighted by atomic mass is 10.2. The average Bonchev–Trinajstić information content (AvgIpc) is 2.30. The minimum absolute atomic E-state index is 0.325. The van der Waals surface area contributed by atoms with E-state index in [1.54, 1.807) is 13.3 Å². The van der Waals surface area contributed by atoms with Gasteiger partial charge in [-0.2, -0.15) is 0 Å². The minimum atomic E-state index is 0.325. The molecule has 1 rings (SSSR count). The maximum absolute atomic E-state index is 5.65. The predicted molar refractivity (Wildman–Crippen MR) is 69.9 cm³/mol. The van der Waals surface area contributed by atoms with Gasteiger partial charge < -0.3 is 15.4 Å². The molecule has 0 spiro atoms. The summed E-state index contributed by atoms with van der Waals surface area (Å²) >= 11 is 4.99. The summed E-state index contributed by atoms with van der Waals surface area (Å²) in [6.07, 6.45) is 1.70. The third kappa shape index (κ3) is 3.15. The number of nitrogens with zero attached hydrogens (tertiary/aromatic N) is 2. The van der Waals surface area contributed by atoms with Crippen LogP contribution < -0.4 is 10.6 Å². The standard InChI is InChI=1S/C11H17N3OS/c1-3-14(7-8-15-2)9-5-4-6-13-10(9)11(12)16/h4-6H,3,7-8H2,1-2H3,(H2,12,16). The number of rotatable bonds is 6. The summed E-state index contributed by atoms with van der Waals surface area (Å²) in [7, 11) is 1.69. The Morgan fingerprint density at radius 2 is 2.38 bits per heavy atom. The molecule has 0 aliphatic heterocycles. The molecular weight excluding hydrogens is 222 g/mol. The van der Waals surface area contributed by atoms with E-state index < -0.39 is 0 Å². The van der Waals surface area contributed by atoms with Gasteiger partial charge >= 0.3 is 0 Å². The van der Waals surface area contributed by atoms with E-state index in [2.05, 4.69) is 16.8 Å². The number of ether oxygens (including phenoxy) is 1. The van der Waals surface area contributed by atoms with Crippen molar-refractivity contribution in [3.63, 3.8) is 0 Å². The van der Waals surface area contributed by atoms with E-state index >= 15 is 0 Å². The quantitative estimate of drug-likeness (QED) is 0.756. The molecular formula is C11H17N3OS. The molecule has 0 bridgehead atoms. The first-order valence-corrected chi connectivity index (χ1v) is 5.60. The Labute approximate surface area is 101 Å². The number of methoxy groups -OCH3 is 1. The summed E-state index contributed by atoms with van der Waals surface area (Å²) in [5.74, 6) is 0. The Balaban J connectivity index is 2.94. The first kappa shape index (κ1) is 12.9. The van der Waals surface area contributed by atoms with Crippen molar-refractivity contribution in [2.24, 2.45) is 5.73 Å². The number of likely N-dealkylation sites (N-methyl/N-ethyl adjacent to an activating group) is 1. The van der Waals surface area contributed by atoms with E-state index in [0.717, 1.165) is 18.8 Å². The largest absolute Gasteiger partial charge is 0.388 e. The Kier molecular flexibility index (Phi) is 5.14. The van der Waals surface area contributed by atoms with Crippen LogP contribution in [0.2, 0.25) is 0 Å². The predicted octanol–water partition coefficient (Wildman–Crippen LogP) is 1.19. The van der Waals surface area contributed by atoms with Crippen LogP contribution in [0.25, 0.3) is 0 Å². The maximum Gasteiger partial charge on any atom is 0.124 e. The first-order valence-electron chi connectivity index (χ1n) is 5.19. The molecule has 0 fully saturated rings. The second-order valence-corrected chi connectivity index (χ2v) is 3.75. The molecule has 16 heavy (non-hydrogen) atoms. The molecule has 88 valence electrons. The third-order valence-electron chi connectivity index (χ3n) is 2.31. The highest BCUT2D eigenvalue weighted by molar-refractivity contribution is 7.80. The molecule has 0 aromatic carbocycles. The highest BCUT2D eigenvalue weighted by atomic mass is 32.1. The van der Waals surface area contributed by atoms with Gasteiger partial charge in [0, 0.05) is 26.4 Å². The van der Waals surface area contributed by atoms with Gasteiger partial charge in [0.05, 0.1) is 12.3 Å². The van der Waals surface area contributed by atoms with Crippen LogP contribution in [0, 0.1) is 0 Å². The molecule has 0 amide bonds. The van der Waals surface area contributed by atoms with Gasteiger partial charge in [0.15, 0.2) is 0 Å². The smallest absolute Gasteiger partial charge is 0.124 e. The van der Waals surface area contributed by atoms with Gasteiger partial charge in [-0.05, 0) is 19.1 Å². The Morgan fingerprint density at radius 3 is 2.94 bits per heavy atom. The Bertz CT molecular complexity index is 357. The van der Waals surface area contributed by atoms with Crippen LogP contribution in [0.15, 0.2) is 18.3 Å². The second-order valence-electron chi connectivity index (χ2n) is 3.31. The van der Waals surface area contributed by atoms with E-state index in [9.17, 15) is 0 Å². The van der Waals surface area contributed by atoms with Crippen molar-refractivity contribution in [1.29, 1.82) is 0 Å². The number of nitrogens with two attached hydrogens (primary N) is 1. The van der Waals surface area contributed by atoms with E-state index in [1.165, 1.54) is 0 Å². The highest BCUT2D eigenvalue weighted by Crippen LogP contribution is 2.17. The molecule has 0 saturated carbocycles. The van der Waals surface area contributed by atoms with E-state index in [1.807, 2.05) is 12.1 Å². The molecule has 1 heterocycles. The summed E-state index contributed by atoms with van der Waals surface area (Å²) in [6, 6.07) is 3.85. The molecule has 1 aromatic rings. The lowest BCUT2D eigenvalue weighted by Crippen LogP contribution is -2.29. The number of thiocarbonyl (C=S) groups is 1. The molecule has 0 radical (unpaired) electrons. The number of anilines is 1. The lowest BCUT2D eigenvalue weighted by Gasteiger charge is -2.24. The fourth-order valence-electron chi connectivity index (χ4n) is 1.49. The van der Waals surface area contributed by atoms with Crippen molar-refractivity contribution < 1.29 is 4.74 Å². The van der Waals surface area contributed by atoms with E-state index in [4.69, 9.17) is 22.7 Å². The van der Waals surface area contributed by atoms with Gasteiger partial charge in [-0.15, -0.1) is 0 Å². The van der Waals surface area contributed by atoms with Gasteiger partial charge in [-0.3, -0.25) is 4.98 Å².